The third-order valence-corrected chi connectivity index (χ3v) is 6.24. The second kappa shape index (κ2) is 9.53. The lowest BCUT2D eigenvalue weighted by Gasteiger charge is -2.38. The monoisotopic (exact) mass is 445 g/mol. The number of hydrogen-bond acceptors (Lipinski definition) is 3. The van der Waals surface area contributed by atoms with E-state index in [1.165, 1.54) is 6.07 Å². The number of anilines is 2. The lowest BCUT2D eigenvalue weighted by atomic mass is 9.84. The number of amides is 2. The summed E-state index contributed by atoms with van der Waals surface area (Å²) in [5, 5.41) is 2.87. The van der Waals surface area contributed by atoms with Crippen molar-refractivity contribution in [3.05, 3.63) is 89.0 Å². The number of rotatable bonds is 5. The van der Waals surface area contributed by atoms with Gasteiger partial charge in [0.25, 0.3) is 5.91 Å². The third kappa shape index (κ3) is 4.95. The molecule has 0 bridgehead atoms. The van der Waals surface area contributed by atoms with Crippen molar-refractivity contribution in [2.45, 2.75) is 33.6 Å². The molecule has 0 radical (unpaired) electrons. The largest absolute Gasteiger partial charge is 0.322 e. The lowest BCUT2D eigenvalue weighted by Crippen LogP contribution is -2.46. The van der Waals surface area contributed by atoms with E-state index in [2.05, 4.69) is 10.3 Å². The summed E-state index contributed by atoms with van der Waals surface area (Å²) >= 11 is 0. The summed E-state index contributed by atoms with van der Waals surface area (Å²) in [5.74, 6) is -0.340. The molecule has 0 unspecified atom stereocenters. The molecular formula is C27H28FN3O2. The molecule has 1 N–H and O–H groups in total. The standard InChI is InChI=1S/C27H28FN3O2/c1-17-13-22(26(32)30-23-8-10-29-11-9-23)14-18(2)25(17)31-16-20(12-19(3)27(31)33)15-21-6-4-5-7-24(21)28/h4-11,13-14,19-20H,12,15-16H2,1-3H3,(H,29,30,32)/t19-,20-/m1/s1. The molecule has 0 saturated carbocycles. The van der Waals surface area contributed by atoms with Crippen molar-refractivity contribution in [2.24, 2.45) is 11.8 Å². The van der Waals surface area contributed by atoms with Gasteiger partial charge in [0.2, 0.25) is 5.91 Å². The molecule has 6 heteroatoms. The maximum atomic E-state index is 14.2. The Morgan fingerprint density at radius 3 is 2.45 bits per heavy atom. The van der Waals surface area contributed by atoms with Crippen molar-refractivity contribution in [2.75, 3.05) is 16.8 Å². The molecule has 2 atom stereocenters. The zero-order valence-electron chi connectivity index (χ0n) is 19.1. The summed E-state index contributed by atoms with van der Waals surface area (Å²) in [6, 6.07) is 13.9. The van der Waals surface area contributed by atoms with E-state index in [0.717, 1.165) is 23.2 Å². The fourth-order valence-electron chi connectivity index (χ4n) is 4.77. The molecule has 170 valence electrons. The summed E-state index contributed by atoms with van der Waals surface area (Å²) in [7, 11) is 0. The normalized spacial score (nSPS) is 18.3. The molecule has 2 aromatic carbocycles. The van der Waals surface area contributed by atoms with Gasteiger partial charge in [-0.3, -0.25) is 14.6 Å². The average molecular weight is 446 g/mol. The number of pyridine rings is 1. The van der Waals surface area contributed by atoms with Crippen LogP contribution in [-0.2, 0) is 11.2 Å². The van der Waals surface area contributed by atoms with Gasteiger partial charge in [-0.2, -0.15) is 0 Å². The number of carbonyl (C=O) groups excluding carboxylic acids is 2. The molecule has 5 nitrogen and oxygen atoms in total. The van der Waals surface area contributed by atoms with E-state index in [-0.39, 0.29) is 29.5 Å². The van der Waals surface area contributed by atoms with Gasteiger partial charge < -0.3 is 10.2 Å². The van der Waals surface area contributed by atoms with Gasteiger partial charge in [0, 0.05) is 41.8 Å². The van der Waals surface area contributed by atoms with E-state index in [4.69, 9.17) is 0 Å². The van der Waals surface area contributed by atoms with Gasteiger partial charge in [-0.25, -0.2) is 4.39 Å². The number of carbonyl (C=O) groups is 2. The number of nitrogens with zero attached hydrogens (tertiary/aromatic N) is 2. The first kappa shape index (κ1) is 22.6. The highest BCUT2D eigenvalue weighted by molar-refractivity contribution is 6.05. The zero-order valence-corrected chi connectivity index (χ0v) is 19.1. The third-order valence-electron chi connectivity index (χ3n) is 6.24. The van der Waals surface area contributed by atoms with E-state index in [0.29, 0.717) is 29.8 Å². The Labute approximate surface area is 193 Å². The number of hydrogen-bond donors (Lipinski definition) is 1. The molecule has 1 aliphatic heterocycles. The highest BCUT2D eigenvalue weighted by Crippen LogP contribution is 2.34. The van der Waals surface area contributed by atoms with Crippen LogP contribution in [0.15, 0.2) is 60.9 Å². The van der Waals surface area contributed by atoms with Crippen LogP contribution >= 0.6 is 0 Å². The number of benzene rings is 2. The summed E-state index contributed by atoms with van der Waals surface area (Å²) in [4.78, 5) is 31.7. The zero-order chi connectivity index (χ0) is 23.5. The van der Waals surface area contributed by atoms with Gasteiger partial charge in [0.15, 0.2) is 0 Å². The minimum absolute atomic E-state index is 0.0694. The predicted molar refractivity (Wildman–Crippen MR) is 128 cm³/mol. The van der Waals surface area contributed by atoms with Crippen LogP contribution in [0.2, 0.25) is 0 Å². The van der Waals surface area contributed by atoms with Crippen LogP contribution in [0, 0.1) is 31.5 Å². The molecule has 0 aliphatic carbocycles. The number of aromatic nitrogens is 1. The Morgan fingerprint density at radius 1 is 1.12 bits per heavy atom. The minimum atomic E-state index is -0.213. The van der Waals surface area contributed by atoms with Crippen LogP contribution in [-0.4, -0.2) is 23.3 Å². The van der Waals surface area contributed by atoms with Gasteiger partial charge in [-0.15, -0.1) is 0 Å². The molecule has 1 aliphatic rings. The molecule has 2 heterocycles. The van der Waals surface area contributed by atoms with Crippen LogP contribution in [0.1, 0.15) is 40.4 Å². The van der Waals surface area contributed by atoms with E-state index < -0.39 is 0 Å². The van der Waals surface area contributed by atoms with Crippen molar-refractivity contribution >= 4 is 23.2 Å². The molecule has 3 aromatic rings. The number of nitrogens with one attached hydrogen (secondary N) is 1. The molecule has 0 spiro atoms. The second-order valence-corrected chi connectivity index (χ2v) is 8.90. The summed E-state index contributed by atoms with van der Waals surface area (Å²) < 4.78 is 14.2. The predicted octanol–water partition coefficient (Wildman–Crippen LogP) is 5.32. The van der Waals surface area contributed by atoms with E-state index in [9.17, 15) is 14.0 Å². The van der Waals surface area contributed by atoms with Gasteiger partial charge in [-0.1, -0.05) is 25.1 Å². The van der Waals surface area contributed by atoms with E-state index in [1.54, 1.807) is 30.6 Å². The number of halogens is 1. The first-order valence-corrected chi connectivity index (χ1v) is 11.2. The molecular weight excluding hydrogens is 417 g/mol. The highest BCUT2D eigenvalue weighted by atomic mass is 19.1. The van der Waals surface area contributed by atoms with Crippen LogP contribution < -0.4 is 10.2 Å². The van der Waals surface area contributed by atoms with Crippen molar-refractivity contribution in [3.63, 3.8) is 0 Å². The number of piperidine rings is 1. The fourth-order valence-corrected chi connectivity index (χ4v) is 4.77. The van der Waals surface area contributed by atoms with Gasteiger partial charge in [-0.05, 0) is 79.6 Å². The lowest BCUT2D eigenvalue weighted by molar-refractivity contribution is -0.124. The van der Waals surface area contributed by atoms with Crippen molar-refractivity contribution in [1.82, 2.24) is 4.98 Å². The van der Waals surface area contributed by atoms with Crippen LogP contribution in [0.5, 0.6) is 0 Å². The van der Waals surface area contributed by atoms with Crippen LogP contribution in [0.4, 0.5) is 15.8 Å². The van der Waals surface area contributed by atoms with E-state index >= 15 is 0 Å². The van der Waals surface area contributed by atoms with Crippen molar-refractivity contribution < 1.29 is 14.0 Å². The minimum Gasteiger partial charge on any atom is -0.322 e. The van der Waals surface area contributed by atoms with Crippen molar-refractivity contribution in [3.8, 4) is 0 Å². The molecule has 1 fully saturated rings. The van der Waals surface area contributed by atoms with E-state index in [1.807, 2.05) is 49.9 Å². The van der Waals surface area contributed by atoms with Gasteiger partial charge >= 0.3 is 0 Å². The first-order chi connectivity index (χ1) is 15.8. The number of aryl methyl sites for hydroxylation is 2. The first-order valence-electron chi connectivity index (χ1n) is 11.2. The van der Waals surface area contributed by atoms with Gasteiger partial charge in [0.05, 0.1) is 0 Å². The molecule has 1 aromatic heterocycles. The Morgan fingerprint density at radius 2 is 1.79 bits per heavy atom. The maximum absolute atomic E-state index is 14.2. The van der Waals surface area contributed by atoms with Crippen LogP contribution in [0.3, 0.4) is 0 Å². The quantitative estimate of drug-likeness (QED) is 0.578. The Bertz CT molecular complexity index is 1160. The summed E-state index contributed by atoms with van der Waals surface area (Å²) in [6.07, 6.45) is 4.56. The maximum Gasteiger partial charge on any atom is 0.255 e. The molecule has 1 saturated heterocycles. The Kier molecular flexibility index (Phi) is 6.54. The second-order valence-electron chi connectivity index (χ2n) is 8.90. The van der Waals surface area contributed by atoms with Gasteiger partial charge in [0.1, 0.15) is 5.82 Å². The SMILES string of the molecule is Cc1cc(C(=O)Nc2ccncc2)cc(C)c1N1C[C@@H](Cc2ccccc2F)C[C@@H](C)C1=O. The summed E-state index contributed by atoms with van der Waals surface area (Å²) in [6.45, 7) is 6.31. The molecule has 33 heavy (non-hydrogen) atoms. The highest BCUT2D eigenvalue weighted by Gasteiger charge is 2.34. The van der Waals surface area contributed by atoms with Crippen molar-refractivity contribution in [1.29, 1.82) is 0 Å². The Balaban J connectivity index is 1.58. The molecule has 4 rings (SSSR count). The summed E-state index contributed by atoms with van der Waals surface area (Å²) in [5.41, 5.74) is 4.45. The topological polar surface area (TPSA) is 62.3 Å². The fraction of sp³-hybridized carbons (Fsp3) is 0.296. The Hall–Kier alpha value is -3.54. The van der Waals surface area contributed by atoms with Crippen LogP contribution in [0.25, 0.3) is 0 Å². The average Bonchev–Trinajstić information content (AvgIpc) is 2.78. The molecule has 2 amide bonds. The smallest absolute Gasteiger partial charge is 0.255 e.